The van der Waals surface area contributed by atoms with Gasteiger partial charge in [0.05, 0.1) is 11.6 Å². The van der Waals surface area contributed by atoms with Crippen molar-refractivity contribution in [3.05, 3.63) is 54.4 Å². The summed E-state index contributed by atoms with van der Waals surface area (Å²) >= 11 is 0. The van der Waals surface area contributed by atoms with Gasteiger partial charge < -0.3 is 10.1 Å². The third-order valence-corrected chi connectivity index (χ3v) is 3.20. The average Bonchev–Trinajstić information content (AvgIpc) is 2.48. The molecule has 0 saturated carbocycles. The summed E-state index contributed by atoms with van der Waals surface area (Å²) in [6, 6.07) is 15.9. The first-order valence-electron chi connectivity index (χ1n) is 7.39. The van der Waals surface area contributed by atoms with Gasteiger partial charge in [-0.2, -0.15) is 0 Å². The second-order valence-electron chi connectivity index (χ2n) is 5.45. The predicted octanol–water partition coefficient (Wildman–Crippen LogP) is 4.47. The van der Waals surface area contributed by atoms with Crippen molar-refractivity contribution in [1.82, 2.24) is 9.97 Å². The minimum absolute atomic E-state index is 0.173. The lowest BCUT2D eigenvalue weighted by molar-refractivity contribution is 0.242. The van der Waals surface area contributed by atoms with Gasteiger partial charge >= 0.3 is 0 Å². The highest BCUT2D eigenvalue weighted by Crippen LogP contribution is 2.25. The number of benzene rings is 2. The van der Waals surface area contributed by atoms with E-state index < -0.39 is 0 Å². The smallest absolute Gasteiger partial charge is 0.142 e. The summed E-state index contributed by atoms with van der Waals surface area (Å²) in [5, 5.41) is 4.37. The molecule has 4 heteroatoms. The first-order valence-corrected chi connectivity index (χ1v) is 7.39. The number of hydrogen-bond acceptors (Lipinski definition) is 4. The minimum Gasteiger partial charge on any atom is -0.491 e. The number of para-hydroxylation sites is 1. The number of anilines is 2. The van der Waals surface area contributed by atoms with Crippen LogP contribution in [0.1, 0.15) is 19.7 Å². The summed E-state index contributed by atoms with van der Waals surface area (Å²) in [5.41, 5.74) is 1.91. The third-order valence-electron chi connectivity index (χ3n) is 3.20. The number of nitrogens with zero attached hydrogens (tertiary/aromatic N) is 2. The second-order valence-corrected chi connectivity index (χ2v) is 5.45. The fourth-order valence-corrected chi connectivity index (χ4v) is 2.31. The van der Waals surface area contributed by atoms with E-state index in [1.165, 1.54) is 0 Å². The van der Waals surface area contributed by atoms with Gasteiger partial charge in [0.2, 0.25) is 0 Å². The van der Waals surface area contributed by atoms with Crippen molar-refractivity contribution in [2.24, 2.45) is 0 Å². The summed E-state index contributed by atoms with van der Waals surface area (Å²) in [7, 11) is 0. The number of aryl methyl sites for hydroxylation is 1. The van der Waals surface area contributed by atoms with Crippen LogP contribution in [0.15, 0.2) is 48.5 Å². The molecular weight excluding hydrogens is 274 g/mol. The maximum atomic E-state index is 5.66. The number of nitrogens with one attached hydrogen (secondary N) is 1. The Balaban J connectivity index is 1.90. The zero-order chi connectivity index (χ0) is 15.5. The molecule has 0 fully saturated rings. The maximum Gasteiger partial charge on any atom is 0.142 e. The number of hydrogen-bond donors (Lipinski definition) is 1. The number of aromatic nitrogens is 2. The Morgan fingerprint density at radius 2 is 1.68 bits per heavy atom. The molecule has 0 amide bonds. The van der Waals surface area contributed by atoms with Crippen LogP contribution in [0.3, 0.4) is 0 Å². The van der Waals surface area contributed by atoms with Crippen LogP contribution in [0.2, 0.25) is 0 Å². The second kappa shape index (κ2) is 6.02. The molecule has 1 N–H and O–H groups in total. The summed E-state index contributed by atoms with van der Waals surface area (Å²) < 4.78 is 5.66. The van der Waals surface area contributed by atoms with Crippen molar-refractivity contribution in [2.45, 2.75) is 26.9 Å². The van der Waals surface area contributed by atoms with E-state index >= 15 is 0 Å². The van der Waals surface area contributed by atoms with Crippen molar-refractivity contribution in [3.63, 3.8) is 0 Å². The molecular formula is C18H19N3O. The van der Waals surface area contributed by atoms with Crippen LogP contribution in [-0.4, -0.2) is 16.1 Å². The van der Waals surface area contributed by atoms with E-state index in [2.05, 4.69) is 15.3 Å². The summed E-state index contributed by atoms with van der Waals surface area (Å²) in [6.45, 7) is 5.93. The molecule has 1 aromatic heterocycles. The van der Waals surface area contributed by atoms with E-state index in [-0.39, 0.29) is 6.10 Å². The van der Waals surface area contributed by atoms with Gasteiger partial charge in [-0.15, -0.1) is 0 Å². The summed E-state index contributed by atoms with van der Waals surface area (Å²) in [4.78, 5) is 8.97. The molecule has 0 radical (unpaired) electrons. The van der Waals surface area contributed by atoms with Gasteiger partial charge in [-0.3, -0.25) is 0 Å². The van der Waals surface area contributed by atoms with Gasteiger partial charge in [0.15, 0.2) is 0 Å². The van der Waals surface area contributed by atoms with E-state index in [1.54, 1.807) is 0 Å². The fraction of sp³-hybridized carbons (Fsp3) is 0.222. The SMILES string of the molecule is Cc1nc(Nc2ccc(OC(C)C)cc2)c2ccccc2n1. The summed E-state index contributed by atoms with van der Waals surface area (Å²) in [6.07, 6.45) is 0.173. The van der Waals surface area contributed by atoms with Crippen LogP contribution in [-0.2, 0) is 0 Å². The molecule has 3 aromatic rings. The van der Waals surface area contributed by atoms with Crippen molar-refractivity contribution >= 4 is 22.4 Å². The van der Waals surface area contributed by atoms with Gasteiger partial charge in [0.1, 0.15) is 17.4 Å². The maximum absolute atomic E-state index is 5.66. The van der Waals surface area contributed by atoms with Gasteiger partial charge in [-0.05, 0) is 57.2 Å². The number of ether oxygens (including phenoxy) is 1. The molecule has 0 spiro atoms. The van der Waals surface area contributed by atoms with Crippen LogP contribution in [0.5, 0.6) is 5.75 Å². The Bertz CT molecular complexity index is 782. The van der Waals surface area contributed by atoms with Crippen molar-refractivity contribution < 1.29 is 4.74 Å². The molecule has 2 aromatic carbocycles. The summed E-state index contributed by atoms with van der Waals surface area (Å²) in [5.74, 6) is 2.44. The molecule has 112 valence electrons. The highest BCUT2D eigenvalue weighted by Gasteiger charge is 2.06. The largest absolute Gasteiger partial charge is 0.491 e. The number of fused-ring (bicyclic) bond motifs is 1. The van der Waals surface area contributed by atoms with Gasteiger partial charge in [0.25, 0.3) is 0 Å². The van der Waals surface area contributed by atoms with Gasteiger partial charge in [-0.25, -0.2) is 9.97 Å². The minimum atomic E-state index is 0.173. The molecule has 0 bridgehead atoms. The van der Waals surface area contributed by atoms with Gasteiger partial charge in [-0.1, -0.05) is 12.1 Å². The lowest BCUT2D eigenvalue weighted by Gasteiger charge is -2.12. The molecule has 0 saturated heterocycles. The lowest BCUT2D eigenvalue weighted by Crippen LogP contribution is -2.05. The molecule has 0 aliphatic heterocycles. The van der Waals surface area contributed by atoms with Crippen LogP contribution < -0.4 is 10.1 Å². The highest BCUT2D eigenvalue weighted by atomic mass is 16.5. The highest BCUT2D eigenvalue weighted by molar-refractivity contribution is 5.90. The fourth-order valence-electron chi connectivity index (χ4n) is 2.31. The van der Waals surface area contributed by atoms with E-state index in [9.17, 15) is 0 Å². The molecule has 0 aliphatic carbocycles. The van der Waals surface area contributed by atoms with Crippen LogP contribution in [0, 0.1) is 6.92 Å². The van der Waals surface area contributed by atoms with Crippen molar-refractivity contribution in [1.29, 1.82) is 0 Å². The zero-order valence-electron chi connectivity index (χ0n) is 13.0. The standard InChI is InChI=1S/C18H19N3O/c1-12(2)22-15-10-8-14(9-11-15)21-18-16-6-4-5-7-17(16)19-13(3)20-18/h4-12H,1-3H3,(H,19,20,21). The monoisotopic (exact) mass is 293 g/mol. The van der Waals surface area contributed by atoms with E-state index in [0.717, 1.165) is 34.0 Å². The number of rotatable bonds is 4. The predicted molar refractivity (Wildman–Crippen MR) is 89.8 cm³/mol. The molecule has 0 unspecified atom stereocenters. The van der Waals surface area contributed by atoms with Crippen LogP contribution in [0.25, 0.3) is 10.9 Å². The lowest BCUT2D eigenvalue weighted by atomic mass is 10.2. The Labute approximate surface area is 130 Å². The Morgan fingerprint density at radius 3 is 2.41 bits per heavy atom. The van der Waals surface area contributed by atoms with E-state index in [1.807, 2.05) is 69.3 Å². The third kappa shape index (κ3) is 3.17. The van der Waals surface area contributed by atoms with E-state index in [4.69, 9.17) is 4.74 Å². The Morgan fingerprint density at radius 1 is 0.955 bits per heavy atom. The molecule has 22 heavy (non-hydrogen) atoms. The first kappa shape index (κ1) is 14.3. The Hall–Kier alpha value is -2.62. The molecule has 0 atom stereocenters. The quantitative estimate of drug-likeness (QED) is 0.771. The normalized spacial score (nSPS) is 10.9. The van der Waals surface area contributed by atoms with Crippen LogP contribution >= 0.6 is 0 Å². The molecule has 4 nitrogen and oxygen atoms in total. The zero-order valence-corrected chi connectivity index (χ0v) is 13.0. The topological polar surface area (TPSA) is 47.0 Å². The Kier molecular flexibility index (Phi) is 3.92. The molecule has 0 aliphatic rings. The molecule has 3 rings (SSSR count). The van der Waals surface area contributed by atoms with Crippen molar-refractivity contribution in [3.8, 4) is 5.75 Å². The van der Waals surface area contributed by atoms with Gasteiger partial charge in [0, 0.05) is 11.1 Å². The van der Waals surface area contributed by atoms with E-state index in [0.29, 0.717) is 0 Å². The molecule has 1 heterocycles. The van der Waals surface area contributed by atoms with Crippen molar-refractivity contribution in [2.75, 3.05) is 5.32 Å². The first-order chi connectivity index (χ1) is 10.6. The average molecular weight is 293 g/mol. The van der Waals surface area contributed by atoms with Crippen LogP contribution in [0.4, 0.5) is 11.5 Å².